The molecule has 0 saturated heterocycles. The van der Waals surface area contributed by atoms with Gasteiger partial charge in [-0.1, -0.05) is 47.5 Å². The van der Waals surface area contributed by atoms with Crippen molar-refractivity contribution in [1.82, 2.24) is 5.43 Å². The molecular weight excluding hydrogens is 529 g/mol. The summed E-state index contributed by atoms with van der Waals surface area (Å²) in [6, 6.07) is 15.5. The molecular formula is C24H23Cl2N3O6S. The molecule has 190 valence electrons. The minimum Gasteiger partial charge on any atom is -0.493 e. The molecule has 0 heterocycles. The molecule has 0 aromatic heterocycles. The summed E-state index contributed by atoms with van der Waals surface area (Å²) in [5.74, 6) is 0.497. The minimum atomic E-state index is -4.16. The van der Waals surface area contributed by atoms with E-state index in [9.17, 15) is 13.2 Å². The SMILES string of the molecule is COc1cc(/C=N\NC(=O)CN(c2cccc(Cl)c2Cl)S(=O)(=O)c2ccccc2)cc(OC)c1OC. The highest BCUT2D eigenvalue weighted by Crippen LogP contribution is 2.38. The Morgan fingerprint density at radius 3 is 2.19 bits per heavy atom. The average molecular weight is 552 g/mol. The fourth-order valence-electron chi connectivity index (χ4n) is 3.22. The van der Waals surface area contributed by atoms with E-state index in [0.717, 1.165) is 4.31 Å². The lowest BCUT2D eigenvalue weighted by molar-refractivity contribution is -0.119. The molecule has 0 unspecified atom stereocenters. The van der Waals surface area contributed by atoms with Gasteiger partial charge >= 0.3 is 0 Å². The molecule has 9 nitrogen and oxygen atoms in total. The number of hydrazone groups is 1. The molecule has 0 saturated carbocycles. The van der Waals surface area contributed by atoms with Crippen molar-refractivity contribution in [3.05, 3.63) is 76.3 Å². The van der Waals surface area contributed by atoms with Crippen LogP contribution in [0, 0.1) is 0 Å². The molecule has 0 spiro atoms. The van der Waals surface area contributed by atoms with Crippen LogP contribution in [0.25, 0.3) is 0 Å². The molecule has 12 heteroatoms. The predicted molar refractivity (Wildman–Crippen MR) is 139 cm³/mol. The van der Waals surface area contributed by atoms with Gasteiger partial charge in [-0.2, -0.15) is 5.10 Å². The number of methoxy groups -OCH3 is 3. The van der Waals surface area contributed by atoms with Gasteiger partial charge in [-0.3, -0.25) is 9.10 Å². The Morgan fingerprint density at radius 2 is 1.61 bits per heavy atom. The quantitative estimate of drug-likeness (QED) is 0.296. The molecule has 1 N–H and O–H groups in total. The molecule has 0 aliphatic rings. The minimum absolute atomic E-state index is 0.00704. The van der Waals surface area contributed by atoms with Crippen LogP contribution in [0.2, 0.25) is 10.0 Å². The summed E-state index contributed by atoms with van der Waals surface area (Å²) in [7, 11) is 0.271. The lowest BCUT2D eigenvalue weighted by Crippen LogP contribution is -2.39. The van der Waals surface area contributed by atoms with Gasteiger partial charge in [0, 0.05) is 5.56 Å². The Morgan fingerprint density at radius 1 is 0.972 bits per heavy atom. The zero-order valence-electron chi connectivity index (χ0n) is 19.6. The Hall–Kier alpha value is -3.47. The zero-order chi connectivity index (χ0) is 26.3. The van der Waals surface area contributed by atoms with Crippen molar-refractivity contribution < 1.29 is 27.4 Å². The van der Waals surface area contributed by atoms with Gasteiger partial charge in [0.1, 0.15) is 6.54 Å². The van der Waals surface area contributed by atoms with Gasteiger partial charge in [0.2, 0.25) is 5.75 Å². The van der Waals surface area contributed by atoms with E-state index in [4.69, 9.17) is 37.4 Å². The summed E-state index contributed by atoms with van der Waals surface area (Å²) in [6.07, 6.45) is 1.35. The van der Waals surface area contributed by atoms with E-state index >= 15 is 0 Å². The molecule has 3 aromatic carbocycles. The second-order valence-electron chi connectivity index (χ2n) is 7.15. The van der Waals surface area contributed by atoms with Gasteiger partial charge in [0.25, 0.3) is 15.9 Å². The van der Waals surface area contributed by atoms with Crippen LogP contribution < -0.4 is 23.9 Å². The van der Waals surface area contributed by atoms with Gasteiger partial charge in [-0.25, -0.2) is 13.8 Å². The van der Waals surface area contributed by atoms with Crippen LogP contribution in [0.4, 0.5) is 5.69 Å². The number of ether oxygens (including phenoxy) is 3. The van der Waals surface area contributed by atoms with E-state index in [-0.39, 0.29) is 20.6 Å². The molecule has 0 bridgehead atoms. The standard InChI is InChI=1S/C24H23Cl2N3O6S/c1-33-20-12-16(13-21(34-2)24(20)35-3)14-27-28-22(30)15-29(19-11-7-10-18(25)23(19)26)36(31,32)17-8-5-4-6-9-17/h4-14H,15H2,1-3H3,(H,28,30)/b27-14-. The molecule has 3 aromatic rings. The van der Waals surface area contributed by atoms with Crippen LogP contribution in [0.5, 0.6) is 17.2 Å². The lowest BCUT2D eigenvalue weighted by atomic mass is 10.2. The van der Waals surface area contributed by atoms with E-state index in [1.54, 1.807) is 30.3 Å². The van der Waals surface area contributed by atoms with Crippen LogP contribution in [0.3, 0.4) is 0 Å². The maximum absolute atomic E-state index is 13.4. The van der Waals surface area contributed by atoms with Crippen LogP contribution >= 0.6 is 23.2 Å². The zero-order valence-corrected chi connectivity index (χ0v) is 21.9. The van der Waals surface area contributed by atoms with Gasteiger partial charge in [0.05, 0.1) is 48.2 Å². The molecule has 3 rings (SSSR count). The summed E-state index contributed by atoms with van der Waals surface area (Å²) in [6.45, 7) is -0.607. The number of amides is 1. The first kappa shape index (κ1) is 27.1. The highest BCUT2D eigenvalue weighted by atomic mass is 35.5. The lowest BCUT2D eigenvalue weighted by Gasteiger charge is -2.24. The number of rotatable bonds is 10. The van der Waals surface area contributed by atoms with E-state index in [1.165, 1.54) is 57.9 Å². The van der Waals surface area contributed by atoms with E-state index in [0.29, 0.717) is 22.8 Å². The van der Waals surface area contributed by atoms with Gasteiger partial charge in [-0.05, 0) is 36.4 Å². The summed E-state index contributed by atoms with van der Waals surface area (Å²) >= 11 is 12.4. The van der Waals surface area contributed by atoms with Crippen LogP contribution in [0.1, 0.15) is 5.56 Å². The third-order valence-electron chi connectivity index (χ3n) is 4.91. The average Bonchev–Trinajstić information content (AvgIpc) is 2.88. The number of hydrogen-bond donors (Lipinski definition) is 1. The number of hydrogen-bond acceptors (Lipinski definition) is 7. The van der Waals surface area contributed by atoms with Crippen molar-refractivity contribution in [2.75, 3.05) is 32.2 Å². The first-order valence-corrected chi connectivity index (χ1v) is 12.6. The van der Waals surface area contributed by atoms with Crippen molar-refractivity contribution in [3.8, 4) is 17.2 Å². The van der Waals surface area contributed by atoms with Gasteiger partial charge in [-0.15, -0.1) is 0 Å². The Labute approximate surface area is 219 Å². The number of nitrogens with zero attached hydrogens (tertiary/aromatic N) is 2. The van der Waals surface area contributed by atoms with Crippen molar-refractivity contribution in [1.29, 1.82) is 0 Å². The number of carbonyl (C=O) groups is 1. The molecule has 0 atom stereocenters. The number of anilines is 1. The first-order valence-electron chi connectivity index (χ1n) is 10.4. The first-order chi connectivity index (χ1) is 17.2. The van der Waals surface area contributed by atoms with Gasteiger partial charge in [0.15, 0.2) is 11.5 Å². The maximum Gasteiger partial charge on any atom is 0.264 e. The molecule has 0 aliphatic carbocycles. The van der Waals surface area contributed by atoms with E-state index in [2.05, 4.69) is 10.5 Å². The monoisotopic (exact) mass is 551 g/mol. The van der Waals surface area contributed by atoms with Crippen LogP contribution in [-0.4, -0.2) is 48.4 Å². The molecule has 36 heavy (non-hydrogen) atoms. The maximum atomic E-state index is 13.4. The van der Waals surface area contributed by atoms with Crippen LogP contribution in [0.15, 0.2) is 70.7 Å². The third kappa shape index (κ3) is 6.01. The fraction of sp³-hybridized carbons (Fsp3) is 0.167. The number of halogens is 2. The predicted octanol–water partition coefficient (Wildman–Crippen LogP) is 4.36. The van der Waals surface area contributed by atoms with Crippen LogP contribution in [-0.2, 0) is 14.8 Å². The van der Waals surface area contributed by atoms with Crippen molar-refractivity contribution >= 4 is 51.0 Å². The Kier molecular flexibility index (Phi) is 9.03. The summed E-state index contributed by atoms with van der Waals surface area (Å²) in [5, 5.41) is 4.07. The third-order valence-corrected chi connectivity index (χ3v) is 7.49. The smallest absolute Gasteiger partial charge is 0.264 e. The Bertz CT molecular complexity index is 1340. The fourth-order valence-corrected chi connectivity index (χ4v) is 5.13. The summed E-state index contributed by atoms with van der Waals surface area (Å²) in [5.41, 5.74) is 2.92. The van der Waals surface area contributed by atoms with Crippen molar-refractivity contribution in [3.63, 3.8) is 0 Å². The van der Waals surface area contributed by atoms with Gasteiger partial charge < -0.3 is 14.2 Å². The van der Waals surface area contributed by atoms with Crippen molar-refractivity contribution in [2.45, 2.75) is 4.90 Å². The second kappa shape index (κ2) is 12.0. The number of sulfonamides is 1. The largest absolute Gasteiger partial charge is 0.493 e. The number of nitrogens with one attached hydrogen (secondary N) is 1. The van der Waals surface area contributed by atoms with Crippen molar-refractivity contribution in [2.24, 2.45) is 5.10 Å². The molecule has 0 aliphatic heterocycles. The topological polar surface area (TPSA) is 107 Å². The molecule has 1 amide bonds. The van der Waals surface area contributed by atoms with E-state index in [1.807, 2.05) is 0 Å². The number of carbonyl (C=O) groups excluding carboxylic acids is 1. The van der Waals surface area contributed by atoms with E-state index < -0.39 is 22.5 Å². The second-order valence-corrected chi connectivity index (χ2v) is 9.80. The molecule has 0 fully saturated rings. The summed E-state index contributed by atoms with van der Waals surface area (Å²) in [4.78, 5) is 12.7. The number of benzene rings is 3. The normalized spacial score (nSPS) is 11.2. The highest BCUT2D eigenvalue weighted by molar-refractivity contribution is 7.92. The molecule has 0 radical (unpaired) electrons. The highest BCUT2D eigenvalue weighted by Gasteiger charge is 2.29. The Balaban J connectivity index is 1.87. The summed E-state index contributed by atoms with van der Waals surface area (Å²) < 4.78 is 43.5.